The van der Waals surface area contributed by atoms with Gasteiger partial charge in [-0.2, -0.15) is 5.10 Å². The molecule has 0 aliphatic carbocycles. The van der Waals surface area contributed by atoms with Crippen LogP contribution in [0.15, 0.2) is 43.2 Å². The highest BCUT2D eigenvalue weighted by Crippen LogP contribution is 2.32. The van der Waals surface area contributed by atoms with Crippen molar-refractivity contribution >= 4 is 17.2 Å². The van der Waals surface area contributed by atoms with Gasteiger partial charge in [0.05, 0.1) is 12.3 Å². The maximum atomic E-state index is 9.00. The molecule has 0 saturated heterocycles. The molecule has 2 N–H and O–H groups in total. The summed E-state index contributed by atoms with van der Waals surface area (Å²) in [5.74, 6) is 2.58. The second-order valence-electron chi connectivity index (χ2n) is 8.67. The minimum Gasteiger partial charge on any atom is -0.477 e. The lowest BCUT2D eigenvalue weighted by Crippen LogP contribution is -2.07. The molecule has 5 rings (SSSR count). The average molecular weight is 489 g/mol. The van der Waals surface area contributed by atoms with Crippen LogP contribution in [0, 0.1) is 6.92 Å². The third-order valence-electron chi connectivity index (χ3n) is 5.76. The van der Waals surface area contributed by atoms with Gasteiger partial charge in [-0.15, -0.1) is 5.10 Å². The van der Waals surface area contributed by atoms with E-state index >= 15 is 0 Å². The number of hydrogen-bond donors (Lipinski definition) is 2. The van der Waals surface area contributed by atoms with Crippen molar-refractivity contribution in [3.05, 3.63) is 48.8 Å². The number of nitrogens with one attached hydrogen (secondary N) is 1. The fourth-order valence-corrected chi connectivity index (χ4v) is 3.87. The van der Waals surface area contributed by atoms with Crippen LogP contribution < -0.4 is 10.1 Å². The largest absolute Gasteiger partial charge is 0.477 e. The zero-order chi connectivity index (χ0) is 25.2. The summed E-state index contributed by atoms with van der Waals surface area (Å²) in [5.41, 5.74) is 3.59. The highest BCUT2D eigenvalue weighted by molar-refractivity contribution is 5.84. The maximum Gasteiger partial charge on any atom is 0.218 e. The molecule has 12 heteroatoms. The lowest BCUT2D eigenvalue weighted by atomic mass is 10.1. The zero-order valence-electron chi connectivity index (χ0n) is 20.6. The van der Waals surface area contributed by atoms with Crippen molar-refractivity contribution in [2.24, 2.45) is 7.05 Å². The van der Waals surface area contributed by atoms with Crippen molar-refractivity contribution in [1.29, 1.82) is 0 Å². The Kier molecular flexibility index (Phi) is 6.34. The fraction of sp³-hybridized carbons (Fsp3) is 0.333. The molecule has 0 atom stereocenters. The summed E-state index contributed by atoms with van der Waals surface area (Å²) >= 11 is 0. The van der Waals surface area contributed by atoms with Gasteiger partial charge in [0.1, 0.15) is 17.7 Å². The van der Waals surface area contributed by atoms with E-state index in [-0.39, 0.29) is 12.6 Å². The molecule has 186 valence electrons. The van der Waals surface area contributed by atoms with Crippen molar-refractivity contribution in [3.8, 4) is 28.8 Å². The minimum absolute atomic E-state index is 0.0519. The SMILES string of the molecule is Cc1c(-c2ccn(C(C)C)n2)cn2nc(-c3nccn3C)nc(Nc3cc(OCCCO)ncn3)c12. The molecule has 5 aromatic rings. The van der Waals surface area contributed by atoms with Crippen molar-refractivity contribution in [3.63, 3.8) is 0 Å². The summed E-state index contributed by atoms with van der Waals surface area (Å²) in [6.45, 7) is 6.62. The highest BCUT2D eigenvalue weighted by atomic mass is 16.5. The number of anilines is 2. The first-order valence-electron chi connectivity index (χ1n) is 11.7. The lowest BCUT2D eigenvalue weighted by molar-refractivity contribution is 0.229. The highest BCUT2D eigenvalue weighted by Gasteiger charge is 2.20. The van der Waals surface area contributed by atoms with Gasteiger partial charge in [-0.3, -0.25) is 4.68 Å². The van der Waals surface area contributed by atoms with E-state index in [0.717, 1.165) is 22.3 Å². The van der Waals surface area contributed by atoms with Crippen LogP contribution >= 0.6 is 0 Å². The third kappa shape index (κ3) is 4.50. The van der Waals surface area contributed by atoms with E-state index < -0.39 is 0 Å². The predicted octanol–water partition coefficient (Wildman–Crippen LogP) is 3.18. The Bertz CT molecular complexity index is 1500. The number of aryl methyl sites for hydroxylation is 2. The van der Waals surface area contributed by atoms with Crippen LogP contribution in [0.3, 0.4) is 0 Å². The van der Waals surface area contributed by atoms with Gasteiger partial charge in [0.2, 0.25) is 11.7 Å². The maximum absolute atomic E-state index is 9.00. The molecule has 0 aromatic carbocycles. The zero-order valence-corrected chi connectivity index (χ0v) is 20.6. The average Bonchev–Trinajstić information content (AvgIpc) is 3.58. The number of imidazole rings is 1. The van der Waals surface area contributed by atoms with Crippen molar-refractivity contribution in [1.82, 2.24) is 43.9 Å². The summed E-state index contributed by atoms with van der Waals surface area (Å²) in [4.78, 5) is 17.7. The molecule has 12 nitrogen and oxygen atoms in total. The molecule has 0 fully saturated rings. The Balaban J connectivity index is 1.60. The number of hydrogen-bond acceptors (Lipinski definition) is 9. The van der Waals surface area contributed by atoms with Gasteiger partial charge in [-0.25, -0.2) is 24.5 Å². The molecule has 5 aromatic heterocycles. The van der Waals surface area contributed by atoms with Crippen LogP contribution in [0.1, 0.15) is 31.9 Å². The molecule has 0 amide bonds. The number of aromatic nitrogens is 9. The van der Waals surface area contributed by atoms with Gasteiger partial charge >= 0.3 is 0 Å². The van der Waals surface area contributed by atoms with Crippen LogP contribution in [-0.4, -0.2) is 62.2 Å². The first-order valence-corrected chi connectivity index (χ1v) is 11.7. The van der Waals surface area contributed by atoms with E-state index in [1.54, 1.807) is 16.8 Å². The summed E-state index contributed by atoms with van der Waals surface area (Å²) in [7, 11) is 1.90. The predicted molar refractivity (Wildman–Crippen MR) is 134 cm³/mol. The van der Waals surface area contributed by atoms with Gasteiger partial charge in [0, 0.05) is 62.5 Å². The number of rotatable bonds is 9. The number of fused-ring (bicyclic) bond motifs is 1. The molecule has 0 aliphatic rings. The first-order chi connectivity index (χ1) is 17.4. The minimum atomic E-state index is 0.0519. The summed E-state index contributed by atoms with van der Waals surface area (Å²) in [6.07, 6.45) is 9.43. The van der Waals surface area contributed by atoms with Gasteiger partial charge in [-0.1, -0.05) is 0 Å². The monoisotopic (exact) mass is 488 g/mol. The van der Waals surface area contributed by atoms with E-state index in [4.69, 9.17) is 25.0 Å². The number of ether oxygens (including phenoxy) is 1. The van der Waals surface area contributed by atoms with E-state index in [0.29, 0.717) is 42.2 Å². The van der Waals surface area contributed by atoms with Crippen molar-refractivity contribution in [2.45, 2.75) is 33.2 Å². The van der Waals surface area contributed by atoms with Crippen LogP contribution in [0.4, 0.5) is 11.6 Å². The standard InChI is InChI=1S/C24H28N10O2/c1-15(2)33-8-6-18(30-33)17-13-34-21(16(17)3)22(29-23(31-34)24-25-7-9-32(24)4)28-19-12-20(27-14-26-19)36-11-5-10-35/h6-9,12-15,35H,5,10-11H2,1-4H3,(H,26,27,28,29,31). The Morgan fingerprint density at radius 1 is 1.14 bits per heavy atom. The van der Waals surface area contributed by atoms with Crippen LogP contribution in [0.25, 0.3) is 28.4 Å². The van der Waals surface area contributed by atoms with Crippen molar-refractivity contribution in [2.75, 3.05) is 18.5 Å². The quantitative estimate of drug-likeness (QED) is 0.300. The molecule has 0 radical (unpaired) electrons. The van der Waals surface area contributed by atoms with E-state index in [1.807, 2.05) is 47.9 Å². The number of nitrogens with zero attached hydrogens (tertiary/aromatic N) is 9. The molecule has 0 saturated carbocycles. The number of aliphatic hydroxyl groups excluding tert-OH is 1. The third-order valence-corrected chi connectivity index (χ3v) is 5.76. The van der Waals surface area contributed by atoms with Gasteiger partial charge in [0.25, 0.3) is 0 Å². The fourth-order valence-electron chi connectivity index (χ4n) is 3.87. The molecule has 0 aliphatic heterocycles. The van der Waals surface area contributed by atoms with E-state index in [1.165, 1.54) is 6.33 Å². The second kappa shape index (κ2) is 9.74. The van der Waals surface area contributed by atoms with Gasteiger partial charge < -0.3 is 19.7 Å². The molecular formula is C24H28N10O2. The van der Waals surface area contributed by atoms with Gasteiger partial charge in [-0.05, 0) is 32.4 Å². The number of aliphatic hydroxyl groups is 1. The normalized spacial score (nSPS) is 11.5. The molecule has 0 spiro atoms. The smallest absolute Gasteiger partial charge is 0.218 e. The van der Waals surface area contributed by atoms with Crippen LogP contribution in [-0.2, 0) is 7.05 Å². The van der Waals surface area contributed by atoms with Crippen molar-refractivity contribution < 1.29 is 9.84 Å². The first kappa shape index (κ1) is 23.4. The van der Waals surface area contributed by atoms with Crippen LogP contribution in [0.5, 0.6) is 5.88 Å². The second-order valence-corrected chi connectivity index (χ2v) is 8.67. The summed E-state index contributed by atoms with van der Waals surface area (Å²) in [5, 5.41) is 21.8. The summed E-state index contributed by atoms with van der Waals surface area (Å²) in [6, 6.07) is 3.96. The Hall–Kier alpha value is -4.32. The Labute approximate surface area is 207 Å². The molecular weight excluding hydrogens is 460 g/mol. The van der Waals surface area contributed by atoms with Gasteiger partial charge in [0.15, 0.2) is 11.6 Å². The molecule has 36 heavy (non-hydrogen) atoms. The van der Waals surface area contributed by atoms with Crippen LogP contribution in [0.2, 0.25) is 0 Å². The molecule has 0 unspecified atom stereocenters. The van der Waals surface area contributed by atoms with E-state index in [9.17, 15) is 0 Å². The Morgan fingerprint density at radius 3 is 2.72 bits per heavy atom. The summed E-state index contributed by atoms with van der Waals surface area (Å²) < 4.78 is 11.2. The molecule has 0 bridgehead atoms. The topological polar surface area (TPSA) is 133 Å². The molecule has 5 heterocycles. The van der Waals surface area contributed by atoms with E-state index in [2.05, 4.69) is 34.1 Å². The lowest BCUT2D eigenvalue weighted by Gasteiger charge is -2.11. The Morgan fingerprint density at radius 2 is 2.00 bits per heavy atom.